The molecular weight excluding hydrogens is 390 g/mol. The van der Waals surface area contributed by atoms with Crippen molar-refractivity contribution in [2.75, 3.05) is 6.54 Å². The van der Waals surface area contributed by atoms with Gasteiger partial charge in [-0.25, -0.2) is 0 Å². The molecule has 5 heteroatoms. The van der Waals surface area contributed by atoms with Gasteiger partial charge in [0, 0.05) is 18.0 Å². The molecule has 0 bridgehead atoms. The maximum atomic E-state index is 11.2. The highest BCUT2D eigenvalue weighted by Crippen LogP contribution is 2.50. The van der Waals surface area contributed by atoms with E-state index in [1.54, 1.807) is 0 Å². The number of nitrogens with zero attached hydrogens (tertiary/aromatic N) is 3. The van der Waals surface area contributed by atoms with E-state index >= 15 is 0 Å². The van der Waals surface area contributed by atoms with Crippen molar-refractivity contribution in [1.82, 2.24) is 9.88 Å². The summed E-state index contributed by atoms with van der Waals surface area (Å²) >= 11 is 1.85. The topological polar surface area (TPSA) is 48.7 Å². The zero-order chi connectivity index (χ0) is 21.8. The second-order valence-corrected chi connectivity index (χ2v) is 12.0. The van der Waals surface area contributed by atoms with Gasteiger partial charge in [0.05, 0.1) is 11.7 Å². The average molecular weight is 424 g/mol. The average Bonchev–Trinajstić information content (AvgIpc) is 3.16. The molecule has 3 heterocycles. The Kier molecular flexibility index (Phi) is 5.16. The van der Waals surface area contributed by atoms with Crippen molar-refractivity contribution in [2.45, 2.75) is 76.6 Å². The van der Waals surface area contributed by atoms with Crippen molar-refractivity contribution in [3.63, 3.8) is 0 Å². The Labute approximate surface area is 184 Å². The first-order valence-electron chi connectivity index (χ1n) is 10.8. The van der Waals surface area contributed by atoms with Crippen LogP contribution in [0, 0.1) is 0 Å². The number of benzene rings is 1. The molecule has 0 unspecified atom stereocenters. The molecule has 0 spiro atoms. The van der Waals surface area contributed by atoms with E-state index in [0.717, 1.165) is 28.5 Å². The molecule has 3 atom stereocenters. The fraction of sp³-hybridized carbons (Fsp3) is 0.520. The van der Waals surface area contributed by atoms with E-state index in [0.29, 0.717) is 11.0 Å². The molecule has 1 aromatic heterocycles. The molecule has 160 valence electrons. The Morgan fingerprint density at radius 3 is 2.20 bits per heavy atom. The van der Waals surface area contributed by atoms with Gasteiger partial charge in [0.1, 0.15) is 11.8 Å². The number of amidine groups is 1. The number of hydrogen-bond acceptors (Lipinski definition) is 5. The standard InChI is InChI=1S/C25H33N3OS/c1-15-14-28-21(20(27-23(28)30-15)19-10-8-9-11-26-19)16-12-17(24(2,3)4)22(29)18(13-16)25(5,6)7/h8-13,15,20-21,29H,14H2,1-7H3/t15-,20+,21-/m0/s1. The first kappa shape index (κ1) is 21.2. The second-order valence-electron chi connectivity index (χ2n) is 10.6. The van der Waals surface area contributed by atoms with Crippen LogP contribution in [0.5, 0.6) is 5.75 Å². The van der Waals surface area contributed by atoms with Gasteiger partial charge in [0.15, 0.2) is 5.17 Å². The lowest BCUT2D eigenvalue weighted by Gasteiger charge is -2.32. The predicted octanol–water partition coefficient (Wildman–Crippen LogP) is 5.97. The van der Waals surface area contributed by atoms with Crippen LogP contribution in [-0.4, -0.2) is 32.0 Å². The quantitative estimate of drug-likeness (QED) is 0.646. The SMILES string of the molecule is C[C@H]1CN2C(=N[C@H](c3ccccn3)[C@@H]2c2cc(C(C)(C)C)c(O)c(C(C)(C)C)c2)S1. The van der Waals surface area contributed by atoms with Crippen molar-refractivity contribution in [1.29, 1.82) is 0 Å². The first-order valence-corrected chi connectivity index (χ1v) is 11.6. The third kappa shape index (κ3) is 3.73. The molecule has 2 aliphatic rings. The minimum atomic E-state index is -0.157. The van der Waals surface area contributed by atoms with E-state index in [2.05, 4.69) is 76.5 Å². The summed E-state index contributed by atoms with van der Waals surface area (Å²) in [5, 5.41) is 12.8. The molecular formula is C25H33N3OS. The fourth-order valence-corrected chi connectivity index (χ4v) is 5.54. The van der Waals surface area contributed by atoms with Gasteiger partial charge >= 0.3 is 0 Å². The summed E-state index contributed by atoms with van der Waals surface area (Å²) in [6.45, 7) is 16.2. The summed E-state index contributed by atoms with van der Waals surface area (Å²) in [6.07, 6.45) is 1.85. The highest BCUT2D eigenvalue weighted by Gasteiger charge is 2.44. The number of aromatic hydroxyl groups is 1. The van der Waals surface area contributed by atoms with Crippen LogP contribution >= 0.6 is 11.8 Å². The normalized spacial score (nSPS) is 24.2. The number of rotatable bonds is 2. The van der Waals surface area contributed by atoms with Crippen LogP contribution in [0.15, 0.2) is 41.5 Å². The highest BCUT2D eigenvalue weighted by molar-refractivity contribution is 8.14. The minimum absolute atomic E-state index is 0.0358. The molecule has 4 rings (SSSR count). The number of pyridine rings is 1. The van der Waals surface area contributed by atoms with Crippen LogP contribution in [0.1, 0.15) is 82.9 Å². The van der Waals surface area contributed by atoms with Crippen molar-refractivity contribution >= 4 is 16.9 Å². The van der Waals surface area contributed by atoms with E-state index in [9.17, 15) is 5.11 Å². The summed E-state index contributed by atoms with van der Waals surface area (Å²) < 4.78 is 0. The van der Waals surface area contributed by atoms with Crippen molar-refractivity contribution in [3.8, 4) is 5.75 Å². The van der Waals surface area contributed by atoms with Gasteiger partial charge in [0.2, 0.25) is 0 Å². The van der Waals surface area contributed by atoms with Crippen molar-refractivity contribution in [3.05, 3.63) is 58.9 Å². The Morgan fingerprint density at radius 1 is 1.03 bits per heavy atom. The molecule has 1 saturated heterocycles. The minimum Gasteiger partial charge on any atom is -0.507 e. The van der Waals surface area contributed by atoms with Gasteiger partial charge in [-0.1, -0.05) is 66.3 Å². The first-order chi connectivity index (χ1) is 14.0. The summed E-state index contributed by atoms with van der Waals surface area (Å²) in [6, 6.07) is 10.5. The maximum absolute atomic E-state index is 11.2. The van der Waals surface area contributed by atoms with Crippen LogP contribution in [0.25, 0.3) is 0 Å². The van der Waals surface area contributed by atoms with Gasteiger partial charge in [-0.3, -0.25) is 9.98 Å². The monoisotopic (exact) mass is 423 g/mol. The Balaban J connectivity index is 1.90. The van der Waals surface area contributed by atoms with E-state index in [4.69, 9.17) is 4.99 Å². The smallest absolute Gasteiger partial charge is 0.160 e. The summed E-state index contributed by atoms with van der Waals surface area (Å²) in [5.74, 6) is 0.427. The summed E-state index contributed by atoms with van der Waals surface area (Å²) in [7, 11) is 0. The van der Waals surface area contributed by atoms with E-state index in [-0.39, 0.29) is 22.9 Å². The lowest BCUT2D eigenvalue weighted by atomic mass is 9.77. The van der Waals surface area contributed by atoms with Crippen LogP contribution < -0.4 is 0 Å². The Hall–Kier alpha value is -2.01. The Bertz CT molecular complexity index is 937. The zero-order valence-corrected chi connectivity index (χ0v) is 19.9. The van der Waals surface area contributed by atoms with Gasteiger partial charge < -0.3 is 10.0 Å². The molecule has 4 nitrogen and oxygen atoms in total. The van der Waals surface area contributed by atoms with Crippen LogP contribution in [0.4, 0.5) is 0 Å². The molecule has 0 amide bonds. The number of aromatic nitrogens is 1. The molecule has 0 radical (unpaired) electrons. The van der Waals surface area contributed by atoms with Gasteiger partial charge in [-0.2, -0.15) is 0 Å². The molecule has 30 heavy (non-hydrogen) atoms. The predicted molar refractivity (Wildman–Crippen MR) is 126 cm³/mol. The third-order valence-corrected chi connectivity index (χ3v) is 7.07. The number of aliphatic imine (C=N–C) groups is 1. The van der Waals surface area contributed by atoms with Gasteiger partial charge in [-0.05, 0) is 51.8 Å². The summed E-state index contributed by atoms with van der Waals surface area (Å²) in [5.41, 5.74) is 3.90. The molecule has 2 aromatic rings. The Morgan fingerprint density at radius 2 is 1.67 bits per heavy atom. The van der Waals surface area contributed by atoms with Gasteiger partial charge in [-0.15, -0.1) is 0 Å². The van der Waals surface area contributed by atoms with Gasteiger partial charge in [0.25, 0.3) is 0 Å². The number of fused-ring (bicyclic) bond motifs is 1. The van der Waals surface area contributed by atoms with Crippen LogP contribution in [0.3, 0.4) is 0 Å². The molecule has 0 saturated carbocycles. The zero-order valence-electron chi connectivity index (χ0n) is 19.1. The number of hydrogen-bond donors (Lipinski definition) is 1. The van der Waals surface area contributed by atoms with E-state index in [1.165, 1.54) is 5.56 Å². The van der Waals surface area contributed by atoms with Crippen LogP contribution in [-0.2, 0) is 10.8 Å². The molecule has 0 aliphatic carbocycles. The number of thioether (sulfide) groups is 1. The molecule has 1 fully saturated rings. The highest BCUT2D eigenvalue weighted by atomic mass is 32.2. The molecule has 2 aliphatic heterocycles. The lowest BCUT2D eigenvalue weighted by Crippen LogP contribution is -2.29. The second kappa shape index (κ2) is 7.30. The van der Waals surface area contributed by atoms with E-state index < -0.39 is 0 Å². The third-order valence-electron chi connectivity index (χ3n) is 5.97. The fourth-order valence-electron chi connectivity index (χ4n) is 4.45. The summed E-state index contributed by atoms with van der Waals surface area (Å²) in [4.78, 5) is 12.2. The van der Waals surface area contributed by atoms with E-state index in [1.807, 2.05) is 30.1 Å². The molecule has 1 N–H and O–H groups in total. The molecule has 1 aromatic carbocycles. The van der Waals surface area contributed by atoms with Crippen molar-refractivity contribution in [2.24, 2.45) is 4.99 Å². The van der Waals surface area contributed by atoms with Crippen molar-refractivity contribution < 1.29 is 5.11 Å². The lowest BCUT2D eigenvalue weighted by molar-refractivity contribution is 0.319. The number of phenolic OH excluding ortho intramolecular Hbond substituents is 1. The van der Waals surface area contributed by atoms with Crippen LogP contribution in [0.2, 0.25) is 0 Å². The maximum Gasteiger partial charge on any atom is 0.160 e. The number of phenols is 1. The largest absolute Gasteiger partial charge is 0.507 e.